The monoisotopic (exact) mass is 224 g/mol. The molecular weight excluding hydrogens is 208 g/mol. The van der Waals surface area contributed by atoms with Crippen molar-refractivity contribution in [1.82, 2.24) is 0 Å². The van der Waals surface area contributed by atoms with Gasteiger partial charge in [-0.25, -0.2) is 0 Å². The second-order valence-electron chi connectivity index (χ2n) is 3.91. The number of phenolic OH excluding ortho intramolecular Hbond substituents is 2. The maximum absolute atomic E-state index is 10.7. The zero-order valence-corrected chi connectivity index (χ0v) is 9.40. The van der Waals surface area contributed by atoms with Crippen LogP contribution in [0.25, 0.3) is 0 Å². The van der Waals surface area contributed by atoms with E-state index in [1.165, 1.54) is 6.07 Å². The van der Waals surface area contributed by atoms with E-state index in [1.54, 1.807) is 13.0 Å². The molecule has 0 saturated heterocycles. The molecule has 1 rings (SSSR count). The van der Waals surface area contributed by atoms with Crippen molar-refractivity contribution in [3.05, 3.63) is 23.3 Å². The highest BCUT2D eigenvalue weighted by Crippen LogP contribution is 2.29. The number of carboxylic acid groups (broad SMARTS) is 1. The van der Waals surface area contributed by atoms with E-state index in [0.717, 1.165) is 0 Å². The number of hydrogen-bond acceptors (Lipinski definition) is 3. The normalized spacial score (nSPS) is 12.4. The van der Waals surface area contributed by atoms with E-state index in [1.807, 2.05) is 6.92 Å². The summed E-state index contributed by atoms with van der Waals surface area (Å²) >= 11 is 0. The Bertz CT molecular complexity index is 398. The third kappa shape index (κ3) is 2.66. The van der Waals surface area contributed by atoms with Crippen molar-refractivity contribution in [2.75, 3.05) is 0 Å². The van der Waals surface area contributed by atoms with Gasteiger partial charge in [0.05, 0.1) is 5.92 Å². The van der Waals surface area contributed by atoms with E-state index < -0.39 is 11.9 Å². The Morgan fingerprint density at radius 3 is 2.31 bits per heavy atom. The number of carbonyl (C=O) groups is 1. The lowest BCUT2D eigenvalue weighted by atomic mass is 9.97. The zero-order chi connectivity index (χ0) is 12.3. The summed E-state index contributed by atoms with van der Waals surface area (Å²) in [5, 5.41) is 27.9. The molecular formula is C12H16O4. The summed E-state index contributed by atoms with van der Waals surface area (Å²) in [4.78, 5) is 10.7. The lowest BCUT2D eigenvalue weighted by molar-refractivity contribution is -0.141. The summed E-state index contributed by atoms with van der Waals surface area (Å²) in [6.45, 7) is 3.47. The Balaban J connectivity index is 3.00. The molecule has 88 valence electrons. The van der Waals surface area contributed by atoms with E-state index in [0.29, 0.717) is 17.5 Å². The summed E-state index contributed by atoms with van der Waals surface area (Å²) in [5.41, 5.74) is 1.27. The number of carboxylic acids is 1. The molecule has 0 aliphatic rings. The second kappa shape index (κ2) is 4.88. The smallest absolute Gasteiger partial charge is 0.306 e. The van der Waals surface area contributed by atoms with Crippen LogP contribution in [0, 0.1) is 5.92 Å². The first kappa shape index (κ1) is 12.4. The van der Waals surface area contributed by atoms with Gasteiger partial charge in [0, 0.05) is 6.07 Å². The number of phenols is 2. The maximum atomic E-state index is 10.7. The minimum absolute atomic E-state index is 0.0479. The van der Waals surface area contributed by atoms with E-state index >= 15 is 0 Å². The summed E-state index contributed by atoms with van der Waals surface area (Å²) in [6.07, 6.45) is 0.898. The minimum atomic E-state index is -0.898. The summed E-state index contributed by atoms with van der Waals surface area (Å²) in [7, 11) is 0. The average molecular weight is 224 g/mol. The average Bonchev–Trinajstić information content (AvgIpc) is 2.21. The topological polar surface area (TPSA) is 77.8 Å². The van der Waals surface area contributed by atoms with Gasteiger partial charge in [-0.1, -0.05) is 13.8 Å². The molecule has 16 heavy (non-hydrogen) atoms. The van der Waals surface area contributed by atoms with Crippen molar-refractivity contribution in [3.8, 4) is 11.5 Å². The van der Waals surface area contributed by atoms with Crippen molar-refractivity contribution in [2.24, 2.45) is 5.92 Å². The van der Waals surface area contributed by atoms with Crippen LogP contribution < -0.4 is 0 Å². The van der Waals surface area contributed by atoms with E-state index in [4.69, 9.17) is 5.11 Å². The lowest BCUT2D eigenvalue weighted by Gasteiger charge is -2.11. The van der Waals surface area contributed by atoms with Crippen LogP contribution in [-0.4, -0.2) is 21.3 Å². The molecule has 4 heteroatoms. The molecule has 3 N–H and O–H groups in total. The molecule has 1 aromatic carbocycles. The van der Waals surface area contributed by atoms with Gasteiger partial charge in [0.2, 0.25) is 0 Å². The van der Waals surface area contributed by atoms with Gasteiger partial charge in [0.1, 0.15) is 11.5 Å². The number of rotatable bonds is 4. The van der Waals surface area contributed by atoms with E-state index in [2.05, 4.69) is 0 Å². The van der Waals surface area contributed by atoms with Gasteiger partial charge in [0.15, 0.2) is 0 Å². The van der Waals surface area contributed by atoms with Crippen molar-refractivity contribution >= 4 is 5.97 Å². The van der Waals surface area contributed by atoms with Gasteiger partial charge < -0.3 is 15.3 Å². The molecule has 0 bridgehead atoms. The number of benzene rings is 1. The van der Waals surface area contributed by atoms with E-state index in [-0.39, 0.29) is 17.9 Å². The van der Waals surface area contributed by atoms with Crippen LogP contribution in [0.2, 0.25) is 0 Å². The van der Waals surface area contributed by atoms with Crippen LogP contribution in [-0.2, 0) is 17.6 Å². The second-order valence-corrected chi connectivity index (χ2v) is 3.91. The van der Waals surface area contributed by atoms with Crippen LogP contribution in [0.1, 0.15) is 25.0 Å². The molecule has 0 radical (unpaired) electrons. The van der Waals surface area contributed by atoms with Gasteiger partial charge in [0.25, 0.3) is 0 Å². The number of hydrogen-bond donors (Lipinski definition) is 3. The SMILES string of the molecule is CCc1cc(CC(C)C(=O)O)c(O)cc1O. The largest absolute Gasteiger partial charge is 0.508 e. The highest BCUT2D eigenvalue weighted by Gasteiger charge is 2.15. The minimum Gasteiger partial charge on any atom is -0.508 e. The Morgan fingerprint density at radius 2 is 1.81 bits per heavy atom. The summed E-state index contributed by atoms with van der Waals surface area (Å²) in [5.74, 6) is -1.46. The Hall–Kier alpha value is -1.71. The first-order chi connectivity index (χ1) is 7.45. The lowest BCUT2D eigenvalue weighted by Crippen LogP contribution is -2.12. The van der Waals surface area contributed by atoms with Crippen LogP contribution in [0.5, 0.6) is 11.5 Å². The van der Waals surface area contributed by atoms with Crippen LogP contribution in [0.15, 0.2) is 12.1 Å². The number of aromatic hydroxyl groups is 2. The Labute approximate surface area is 94.2 Å². The molecule has 0 saturated carbocycles. The van der Waals surface area contributed by atoms with Crippen molar-refractivity contribution in [2.45, 2.75) is 26.7 Å². The predicted octanol–water partition coefficient (Wildman–Crippen LogP) is 1.92. The number of aliphatic carboxylic acids is 1. The predicted molar refractivity (Wildman–Crippen MR) is 59.7 cm³/mol. The first-order valence-corrected chi connectivity index (χ1v) is 5.22. The fourth-order valence-corrected chi connectivity index (χ4v) is 1.54. The molecule has 4 nitrogen and oxygen atoms in total. The third-order valence-corrected chi connectivity index (χ3v) is 2.61. The van der Waals surface area contributed by atoms with Crippen LogP contribution in [0.4, 0.5) is 0 Å². The maximum Gasteiger partial charge on any atom is 0.306 e. The highest BCUT2D eigenvalue weighted by molar-refractivity contribution is 5.70. The quantitative estimate of drug-likeness (QED) is 0.730. The molecule has 0 amide bonds. The van der Waals surface area contributed by atoms with Crippen LogP contribution in [0.3, 0.4) is 0 Å². The Morgan fingerprint density at radius 1 is 1.25 bits per heavy atom. The van der Waals surface area contributed by atoms with Crippen molar-refractivity contribution in [1.29, 1.82) is 0 Å². The zero-order valence-electron chi connectivity index (χ0n) is 9.40. The van der Waals surface area contributed by atoms with Crippen molar-refractivity contribution < 1.29 is 20.1 Å². The summed E-state index contributed by atoms with van der Waals surface area (Å²) in [6, 6.07) is 2.92. The van der Waals surface area contributed by atoms with Gasteiger partial charge in [-0.05, 0) is 30.0 Å². The Kier molecular flexibility index (Phi) is 3.77. The molecule has 0 heterocycles. The van der Waals surface area contributed by atoms with Gasteiger partial charge in [-0.2, -0.15) is 0 Å². The van der Waals surface area contributed by atoms with Crippen molar-refractivity contribution in [3.63, 3.8) is 0 Å². The molecule has 1 atom stereocenters. The van der Waals surface area contributed by atoms with Gasteiger partial charge in [-0.3, -0.25) is 4.79 Å². The molecule has 1 unspecified atom stereocenters. The molecule has 0 aliphatic heterocycles. The number of aryl methyl sites for hydroxylation is 1. The van der Waals surface area contributed by atoms with E-state index in [9.17, 15) is 15.0 Å². The molecule has 0 aliphatic carbocycles. The third-order valence-electron chi connectivity index (χ3n) is 2.61. The summed E-state index contributed by atoms with van der Waals surface area (Å²) < 4.78 is 0. The van der Waals surface area contributed by atoms with Gasteiger partial charge in [-0.15, -0.1) is 0 Å². The molecule has 1 aromatic rings. The highest BCUT2D eigenvalue weighted by atomic mass is 16.4. The first-order valence-electron chi connectivity index (χ1n) is 5.22. The molecule has 0 fully saturated rings. The fourth-order valence-electron chi connectivity index (χ4n) is 1.54. The molecule has 0 aromatic heterocycles. The fraction of sp³-hybridized carbons (Fsp3) is 0.417. The van der Waals surface area contributed by atoms with Gasteiger partial charge >= 0.3 is 5.97 Å². The van der Waals surface area contributed by atoms with Crippen LogP contribution >= 0.6 is 0 Å². The molecule has 0 spiro atoms. The standard InChI is InChI=1S/C12H16O4/c1-3-8-5-9(4-7(2)12(15)16)11(14)6-10(8)13/h5-7,13-14H,3-4H2,1-2H3,(H,15,16).